The molecule has 0 saturated carbocycles. The topological polar surface area (TPSA) is 90.0 Å². The van der Waals surface area contributed by atoms with Crippen LogP contribution >= 0.6 is 0 Å². The van der Waals surface area contributed by atoms with Gasteiger partial charge in [0, 0.05) is 26.1 Å². The molecular formula is C28H29N3O4. The lowest BCUT2D eigenvalue weighted by Crippen LogP contribution is -2.75. The molecule has 5 rings (SSSR count). The molecule has 2 aliphatic rings. The summed E-state index contributed by atoms with van der Waals surface area (Å²) in [5.74, 6) is -1.43. The van der Waals surface area contributed by atoms with Gasteiger partial charge in [-0.15, -0.1) is 0 Å². The first-order valence-electron chi connectivity index (χ1n) is 11.8. The average molecular weight is 472 g/mol. The lowest BCUT2D eigenvalue weighted by atomic mass is 9.82. The predicted molar refractivity (Wildman–Crippen MR) is 132 cm³/mol. The third kappa shape index (κ3) is 3.76. The highest BCUT2D eigenvalue weighted by Gasteiger charge is 2.62. The van der Waals surface area contributed by atoms with Crippen molar-refractivity contribution in [2.75, 3.05) is 6.54 Å². The molecule has 3 aromatic carbocycles. The maximum atomic E-state index is 14.3. The molecule has 0 radical (unpaired) electrons. The van der Waals surface area contributed by atoms with Crippen LogP contribution in [0, 0.1) is 0 Å². The van der Waals surface area contributed by atoms with Gasteiger partial charge in [-0.25, -0.2) is 0 Å². The van der Waals surface area contributed by atoms with E-state index in [1.54, 1.807) is 23.6 Å². The zero-order valence-corrected chi connectivity index (χ0v) is 19.9. The predicted octanol–water partition coefficient (Wildman–Crippen LogP) is 3.17. The van der Waals surface area contributed by atoms with Crippen LogP contribution < -0.4 is 5.32 Å². The summed E-state index contributed by atoms with van der Waals surface area (Å²) in [6.07, 6.45) is 0.0296. The van der Waals surface area contributed by atoms with Gasteiger partial charge >= 0.3 is 5.97 Å². The molecule has 2 fully saturated rings. The lowest BCUT2D eigenvalue weighted by Gasteiger charge is -2.54. The summed E-state index contributed by atoms with van der Waals surface area (Å²) < 4.78 is 0. The summed E-state index contributed by atoms with van der Waals surface area (Å²) in [7, 11) is 0. The Morgan fingerprint density at radius 3 is 2.31 bits per heavy atom. The zero-order chi connectivity index (χ0) is 24.8. The monoisotopic (exact) mass is 471 g/mol. The number of benzene rings is 3. The van der Waals surface area contributed by atoms with E-state index in [0.717, 1.165) is 21.9 Å². The number of carbonyl (C=O) groups is 3. The van der Waals surface area contributed by atoms with Gasteiger partial charge in [-0.1, -0.05) is 72.8 Å². The molecule has 0 bridgehead atoms. The zero-order valence-electron chi connectivity index (χ0n) is 19.9. The molecule has 35 heavy (non-hydrogen) atoms. The maximum absolute atomic E-state index is 14.3. The first-order chi connectivity index (χ1) is 16.7. The van der Waals surface area contributed by atoms with Crippen LogP contribution in [0.1, 0.15) is 31.4 Å². The van der Waals surface area contributed by atoms with Gasteiger partial charge in [-0.2, -0.15) is 0 Å². The van der Waals surface area contributed by atoms with E-state index < -0.39 is 23.1 Å². The highest BCUT2D eigenvalue weighted by atomic mass is 16.4. The second-order valence-corrected chi connectivity index (χ2v) is 9.97. The van der Waals surface area contributed by atoms with Crippen molar-refractivity contribution in [3.8, 4) is 0 Å². The van der Waals surface area contributed by atoms with Crippen LogP contribution in [0.5, 0.6) is 0 Å². The fraction of sp³-hybridized carbons (Fsp3) is 0.321. The van der Waals surface area contributed by atoms with Crippen LogP contribution in [0.4, 0.5) is 0 Å². The Morgan fingerprint density at radius 1 is 0.914 bits per heavy atom. The van der Waals surface area contributed by atoms with Crippen LogP contribution in [0.15, 0.2) is 72.8 Å². The normalized spacial score (nSPS) is 23.9. The van der Waals surface area contributed by atoms with Crippen molar-refractivity contribution in [2.24, 2.45) is 0 Å². The first-order valence-corrected chi connectivity index (χ1v) is 11.8. The SMILES string of the molecule is CC1(C)C(=O)N(Cc2ccccc2)[C@@]2(CN[C@H](C(=O)O)C2)C(=O)N1Cc1cccc2ccccc12. The number of hydrogen-bond acceptors (Lipinski definition) is 4. The highest BCUT2D eigenvalue weighted by molar-refractivity contribution is 6.03. The summed E-state index contributed by atoms with van der Waals surface area (Å²) >= 11 is 0. The summed E-state index contributed by atoms with van der Waals surface area (Å²) in [6.45, 7) is 4.16. The number of rotatable bonds is 5. The molecule has 2 amide bonds. The molecule has 2 N–H and O–H groups in total. The van der Waals surface area contributed by atoms with Crippen LogP contribution in [-0.2, 0) is 27.5 Å². The molecule has 2 heterocycles. The Labute approximate surface area is 204 Å². The summed E-state index contributed by atoms with van der Waals surface area (Å²) in [5.41, 5.74) is -0.527. The van der Waals surface area contributed by atoms with E-state index in [-0.39, 0.29) is 37.9 Å². The number of nitrogens with zero attached hydrogens (tertiary/aromatic N) is 2. The van der Waals surface area contributed by atoms with Gasteiger partial charge in [0.25, 0.3) is 5.91 Å². The van der Waals surface area contributed by atoms with Crippen molar-refractivity contribution < 1.29 is 19.5 Å². The minimum atomic E-state index is -1.27. The van der Waals surface area contributed by atoms with Crippen LogP contribution in [0.3, 0.4) is 0 Å². The number of carboxylic acid groups (broad SMARTS) is 1. The number of aliphatic carboxylic acids is 1. The van der Waals surface area contributed by atoms with Gasteiger partial charge in [0.15, 0.2) is 0 Å². The van der Waals surface area contributed by atoms with Crippen LogP contribution in [0.2, 0.25) is 0 Å². The summed E-state index contributed by atoms with van der Waals surface area (Å²) in [5, 5.41) is 14.8. The minimum Gasteiger partial charge on any atom is -0.480 e. The highest BCUT2D eigenvalue weighted by Crippen LogP contribution is 2.40. The Balaban J connectivity index is 1.58. The first kappa shape index (κ1) is 23.1. The fourth-order valence-corrected chi connectivity index (χ4v) is 5.44. The maximum Gasteiger partial charge on any atom is 0.320 e. The molecule has 2 saturated heterocycles. The number of hydrogen-bond donors (Lipinski definition) is 2. The van der Waals surface area contributed by atoms with Crippen molar-refractivity contribution >= 4 is 28.6 Å². The molecule has 7 heteroatoms. The number of nitrogens with one attached hydrogen (secondary N) is 1. The smallest absolute Gasteiger partial charge is 0.320 e. The molecule has 1 spiro atoms. The van der Waals surface area contributed by atoms with Gasteiger partial charge in [0.05, 0.1) is 0 Å². The fourth-order valence-electron chi connectivity index (χ4n) is 5.44. The molecule has 0 aliphatic carbocycles. The molecule has 180 valence electrons. The van der Waals surface area contributed by atoms with E-state index in [1.165, 1.54) is 0 Å². The molecule has 7 nitrogen and oxygen atoms in total. The van der Waals surface area contributed by atoms with Gasteiger partial charge < -0.3 is 20.2 Å². The third-order valence-electron chi connectivity index (χ3n) is 7.48. The van der Waals surface area contributed by atoms with Crippen molar-refractivity contribution in [1.82, 2.24) is 15.1 Å². The Morgan fingerprint density at radius 2 is 1.60 bits per heavy atom. The Kier molecular flexibility index (Phi) is 5.60. The Hall–Kier alpha value is -3.71. The number of piperazine rings is 1. The van der Waals surface area contributed by atoms with Gasteiger partial charge in [-0.3, -0.25) is 14.4 Å². The number of carboxylic acids is 1. The third-order valence-corrected chi connectivity index (χ3v) is 7.48. The second kappa shape index (κ2) is 8.50. The molecule has 0 unspecified atom stereocenters. The molecule has 2 atom stereocenters. The van der Waals surface area contributed by atoms with E-state index >= 15 is 0 Å². The van der Waals surface area contributed by atoms with Crippen molar-refractivity contribution in [1.29, 1.82) is 0 Å². The lowest BCUT2D eigenvalue weighted by molar-refractivity contribution is -0.179. The van der Waals surface area contributed by atoms with Gasteiger partial charge in [0.2, 0.25) is 5.91 Å². The van der Waals surface area contributed by atoms with E-state index in [1.807, 2.05) is 72.8 Å². The van der Waals surface area contributed by atoms with E-state index in [0.29, 0.717) is 0 Å². The van der Waals surface area contributed by atoms with Crippen LogP contribution in [0.25, 0.3) is 10.8 Å². The number of carbonyl (C=O) groups excluding carboxylic acids is 2. The number of amides is 2. The van der Waals surface area contributed by atoms with Crippen molar-refractivity contribution in [3.05, 3.63) is 83.9 Å². The largest absolute Gasteiger partial charge is 0.480 e. The van der Waals surface area contributed by atoms with E-state index in [9.17, 15) is 19.5 Å². The number of fused-ring (bicyclic) bond motifs is 1. The van der Waals surface area contributed by atoms with Crippen molar-refractivity contribution in [2.45, 2.75) is 50.5 Å². The van der Waals surface area contributed by atoms with Gasteiger partial charge in [-0.05, 0) is 35.7 Å². The van der Waals surface area contributed by atoms with Crippen molar-refractivity contribution in [3.63, 3.8) is 0 Å². The quantitative estimate of drug-likeness (QED) is 0.597. The standard InChI is InChI=1S/C28H29N3O4/c1-27(2)25(34)31(16-19-9-4-3-5-10-19)28(15-23(24(32)33)29-18-28)26(35)30(27)17-21-13-8-12-20-11-6-7-14-22(20)21/h3-14,23,29H,15-18H2,1-2H3,(H,32,33)/t23-,28-/m0/s1. The van der Waals surface area contributed by atoms with Crippen LogP contribution in [-0.4, -0.2) is 56.4 Å². The Bertz CT molecular complexity index is 1300. The average Bonchev–Trinajstić information content (AvgIpc) is 3.31. The molecular weight excluding hydrogens is 442 g/mol. The molecule has 3 aromatic rings. The minimum absolute atomic E-state index is 0.0296. The van der Waals surface area contributed by atoms with E-state index in [4.69, 9.17) is 0 Å². The molecule has 2 aliphatic heterocycles. The summed E-state index contributed by atoms with van der Waals surface area (Å²) in [4.78, 5) is 43.5. The van der Waals surface area contributed by atoms with Gasteiger partial charge in [0.1, 0.15) is 17.1 Å². The molecule has 0 aromatic heterocycles. The second-order valence-electron chi connectivity index (χ2n) is 9.97. The van der Waals surface area contributed by atoms with E-state index in [2.05, 4.69) is 5.32 Å². The summed E-state index contributed by atoms with van der Waals surface area (Å²) in [6, 6.07) is 22.5.